The Balaban J connectivity index is 1.58. The Hall–Kier alpha value is -2.64. The summed E-state index contributed by atoms with van der Waals surface area (Å²) in [7, 11) is -3.92. The van der Waals surface area contributed by atoms with Gasteiger partial charge in [-0.2, -0.15) is 9.40 Å². The molecule has 2 aliphatic rings. The Morgan fingerprint density at radius 2 is 1.90 bits per heavy atom. The van der Waals surface area contributed by atoms with E-state index in [0.29, 0.717) is 18.6 Å². The topological polar surface area (TPSA) is 108 Å². The normalized spacial score (nSPS) is 21.9. The number of sulfonamides is 1. The molecule has 0 unspecified atom stereocenters. The number of β-amino-alcohol motifs (C(OH)–C–C–N with tert-alkyl or cyclic N) is 1. The molecule has 0 aliphatic carbocycles. The summed E-state index contributed by atoms with van der Waals surface area (Å²) in [5.41, 5.74) is 0.0117. The van der Waals surface area contributed by atoms with Gasteiger partial charge in [-0.1, -0.05) is 0 Å². The Morgan fingerprint density at radius 1 is 1.23 bits per heavy atom. The van der Waals surface area contributed by atoms with Crippen LogP contribution in [0.4, 0.5) is 23.7 Å². The van der Waals surface area contributed by atoms with Crippen LogP contribution in [-0.2, 0) is 23.1 Å². The molecule has 2 atom stereocenters. The molecule has 2 amide bonds. The highest BCUT2D eigenvalue weighted by Gasteiger charge is 2.38. The van der Waals surface area contributed by atoms with E-state index in [4.69, 9.17) is 0 Å². The number of hydrogen-bond donors (Lipinski definition) is 2. The number of aromatic nitrogens is 2. The van der Waals surface area contributed by atoms with Crippen LogP contribution in [0.15, 0.2) is 23.2 Å². The molecule has 4 rings (SSSR count). The molecule has 1 aromatic heterocycles. The Kier molecular flexibility index (Phi) is 5.43. The van der Waals surface area contributed by atoms with Crippen LogP contribution in [0.5, 0.6) is 0 Å². The van der Waals surface area contributed by atoms with E-state index >= 15 is 0 Å². The van der Waals surface area contributed by atoms with E-state index in [9.17, 15) is 31.5 Å². The van der Waals surface area contributed by atoms with Crippen LogP contribution < -0.4 is 5.32 Å². The minimum absolute atomic E-state index is 0.0186. The lowest BCUT2D eigenvalue weighted by atomic mass is 10.2. The third-order valence-electron chi connectivity index (χ3n) is 5.44. The molecule has 9 nitrogen and oxygen atoms in total. The molecular weight excluding hydrogens is 439 g/mol. The fourth-order valence-corrected chi connectivity index (χ4v) is 5.40. The number of aliphatic hydroxyl groups is 1. The summed E-state index contributed by atoms with van der Waals surface area (Å²) in [6.07, 6.45) is 0.813. The molecule has 0 bridgehead atoms. The van der Waals surface area contributed by atoms with E-state index in [1.54, 1.807) is 6.92 Å². The second-order valence-electron chi connectivity index (χ2n) is 7.60. The summed E-state index contributed by atoms with van der Waals surface area (Å²) in [5, 5.41) is 16.1. The smallest absolute Gasteiger partial charge is 0.322 e. The van der Waals surface area contributed by atoms with Crippen LogP contribution in [0, 0.1) is 17.5 Å². The average molecular weight is 459 g/mol. The Labute approximate surface area is 176 Å². The average Bonchev–Trinajstić information content (AvgIpc) is 3.31. The molecule has 13 heteroatoms. The van der Waals surface area contributed by atoms with Gasteiger partial charge in [-0.15, -0.1) is 0 Å². The number of nitrogens with zero attached hydrogens (tertiary/aromatic N) is 4. The zero-order chi connectivity index (χ0) is 22.5. The lowest BCUT2D eigenvalue weighted by molar-refractivity contribution is 0.160. The highest BCUT2D eigenvalue weighted by molar-refractivity contribution is 7.89. The van der Waals surface area contributed by atoms with Crippen molar-refractivity contribution in [1.82, 2.24) is 19.0 Å². The molecule has 1 aromatic carbocycles. The Bertz CT molecular complexity index is 1120. The van der Waals surface area contributed by atoms with Gasteiger partial charge in [-0.3, -0.25) is 4.68 Å². The van der Waals surface area contributed by atoms with Crippen LogP contribution in [-0.4, -0.2) is 63.8 Å². The predicted molar refractivity (Wildman–Crippen MR) is 102 cm³/mol. The predicted octanol–water partition coefficient (Wildman–Crippen LogP) is 1.49. The first-order valence-electron chi connectivity index (χ1n) is 9.53. The SMILES string of the molecule is C[C@H]1Cn2ncc(S(=O)(=O)N3CC[C@H](O)C3)c2CN1C(=O)Nc1cc(F)c(F)c(F)c1. The van der Waals surface area contributed by atoms with Gasteiger partial charge in [0.1, 0.15) is 4.90 Å². The first-order chi connectivity index (χ1) is 14.6. The van der Waals surface area contributed by atoms with Crippen molar-refractivity contribution >= 4 is 21.7 Å². The molecule has 1 fully saturated rings. The molecule has 0 spiro atoms. The largest absolute Gasteiger partial charge is 0.392 e. The van der Waals surface area contributed by atoms with Gasteiger partial charge in [0, 0.05) is 30.9 Å². The summed E-state index contributed by atoms with van der Waals surface area (Å²) < 4.78 is 68.7. The number of carbonyl (C=O) groups excluding carboxylic acids is 1. The molecule has 1 saturated heterocycles. The van der Waals surface area contributed by atoms with Gasteiger partial charge in [-0.05, 0) is 13.3 Å². The number of benzene rings is 1. The van der Waals surface area contributed by atoms with Crippen LogP contribution in [0.2, 0.25) is 0 Å². The van der Waals surface area contributed by atoms with E-state index in [1.807, 2.05) is 0 Å². The molecule has 168 valence electrons. The highest BCUT2D eigenvalue weighted by Crippen LogP contribution is 2.28. The quantitative estimate of drug-likeness (QED) is 0.677. The molecule has 3 heterocycles. The maximum absolute atomic E-state index is 13.4. The van der Waals surface area contributed by atoms with Crippen LogP contribution in [0.1, 0.15) is 19.0 Å². The number of aliphatic hydroxyl groups excluding tert-OH is 1. The van der Waals surface area contributed by atoms with Crippen molar-refractivity contribution < 1.29 is 31.5 Å². The van der Waals surface area contributed by atoms with Crippen molar-refractivity contribution in [1.29, 1.82) is 0 Å². The fourth-order valence-electron chi connectivity index (χ4n) is 3.75. The van der Waals surface area contributed by atoms with E-state index in [2.05, 4.69) is 10.4 Å². The number of carbonyl (C=O) groups is 1. The minimum Gasteiger partial charge on any atom is -0.392 e. The second-order valence-corrected chi connectivity index (χ2v) is 9.51. The van der Waals surface area contributed by atoms with Crippen molar-refractivity contribution in [3.63, 3.8) is 0 Å². The first kappa shape index (κ1) is 21.6. The third kappa shape index (κ3) is 3.88. The van der Waals surface area contributed by atoms with Gasteiger partial charge < -0.3 is 15.3 Å². The van der Waals surface area contributed by atoms with Gasteiger partial charge in [0.15, 0.2) is 17.5 Å². The molecule has 2 aromatic rings. The molecule has 0 radical (unpaired) electrons. The standard InChI is InChI=1S/C18H20F3N5O4S/c1-10-7-26-15(16(6-22-26)31(29,30)24-3-2-12(27)8-24)9-25(10)18(28)23-11-4-13(19)17(21)14(20)5-11/h4-6,10,12,27H,2-3,7-9H2,1H3,(H,23,28)/t10-,12-/m0/s1. The van der Waals surface area contributed by atoms with Gasteiger partial charge in [0.2, 0.25) is 10.0 Å². The number of fused-ring (bicyclic) bond motifs is 1. The number of amides is 2. The van der Waals surface area contributed by atoms with Crippen LogP contribution >= 0.6 is 0 Å². The maximum Gasteiger partial charge on any atom is 0.322 e. The minimum atomic E-state index is -3.92. The second kappa shape index (κ2) is 7.80. The van der Waals surface area contributed by atoms with Crippen LogP contribution in [0.25, 0.3) is 0 Å². The molecular formula is C18H20F3N5O4S. The van der Waals surface area contributed by atoms with Crippen molar-refractivity contribution in [3.8, 4) is 0 Å². The van der Waals surface area contributed by atoms with E-state index in [1.165, 1.54) is 20.1 Å². The summed E-state index contributed by atoms with van der Waals surface area (Å²) in [4.78, 5) is 14.0. The summed E-state index contributed by atoms with van der Waals surface area (Å²) in [5.74, 6) is -4.53. The zero-order valence-electron chi connectivity index (χ0n) is 16.4. The third-order valence-corrected chi connectivity index (χ3v) is 7.35. The fraction of sp³-hybridized carbons (Fsp3) is 0.444. The summed E-state index contributed by atoms with van der Waals surface area (Å²) in [6, 6.07) is 0.171. The van der Waals surface area contributed by atoms with Crippen molar-refractivity contribution in [3.05, 3.63) is 41.5 Å². The monoisotopic (exact) mass is 459 g/mol. The molecule has 2 N–H and O–H groups in total. The van der Waals surface area contributed by atoms with Crippen molar-refractivity contribution in [2.45, 2.75) is 43.5 Å². The lowest BCUT2D eigenvalue weighted by Crippen LogP contribution is -2.47. The summed E-state index contributed by atoms with van der Waals surface area (Å²) >= 11 is 0. The maximum atomic E-state index is 13.4. The molecule has 31 heavy (non-hydrogen) atoms. The molecule has 2 aliphatic heterocycles. The van der Waals surface area contributed by atoms with Crippen LogP contribution in [0.3, 0.4) is 0 Å². The van der Waals surface area contributed by atoms with E-state index in [-0.39, 0.29) is 42.5 Å². The van der Waals surface area contributed by atoms with Crippen molar-refractivity contribution in [2.24, 2.45) is 0 Å². The lowest BCUT2D eigenvalue weighted by Gasteiger charge is -2.34. The zero-order valence-corrected chi connectivity index (χ0v) is 17.2. The number of halogens is 3. The van der Waals surface area contributed by atoms with Gasteiger partial charge in [0.05, 0.1) is 37.1 Å². The number of nitrogens with one attached hydrogen (secondary N) is 1. The van der Waals surface area contributed by atoms with Gasteiger partial charge in [-0.25, -0.2) is 26.4 Å². The number of anilines is 1. The van der Waals surface area contributed by atoms with Gasteiger partial charge in [0.25, 0.3) is 0 Å². The van der Waals surface area contributed by atoms with Gasteiger partial charge >= 0.3 is 6.03 Å². The van der Waals surface area contributed by atoms with E-state index in [0.717, 1.165) is 0 Å². The number of urea groups is 1. The molecule has 0 saturated carbocycles. The van der Waals surface area contributed by atoms with E-state index < -0.39 is 45.7 Å². The first-order valence-corrected chi connectivity index (χ1v) is 11.0. The number of rotatable bonds is 3. The summed E-state index contributed by atoms with van der Waals surface area (Å²) in [6.45, 7) is 1.95. The Morgan fingerprint density at radius 3 is 2.52 bits per heavy atom. The highest BCUT2D eigenvalue weighted by atomic mass is 32.2. The number of hydrogen-bond acceptors (Lipinski definition) is 5. The van der Waals surface area contributed by atoms with Crippen molar-refractivity contribution in [2.75, 3.05) is 18.4 Å².